The maximum Gasteiger partial charge on any atom is 0.341 e. The van der Waals surface area contributed by atoms with Gasteiger partial charge >= 0.3 is 5.97 Å². The molecule has 158 valence electrons. The summed E-state index contributed by atoms with van der Waals surface area (Å²) in [6, 6.07) is 23.0. The van der Waals surface area contributed by atoms with Crippen LogP contribution in [0.4, 0.5) is 22.7 Å². The van der Waals surface area contributed by atoms with Crippen molar-refractivity contribution in [3.8, 4) is 0 Å². The molecule has 0 aliphatic carbocycles. The van der Waals surface area contributed by atoms with Crippen LogP contribution in [-0.4, -0.2) is 23.9 Å². The first-order valence-electron chi connectivity index (χ1n) is 9.73. The predicted molar refractivity (Wildman–Crippen MR) is 120 cm³/mol. The SMILES string of the molecule is CC(=O)Nc1ccc(NC(=O)[C@@H](C)OC(=O)c2ccccc2Nc2ccccc2)cc1. The number of para-hydroxylation sites is 2. The van der Waals surface area contributed by atoms with Crippen LogP contribution >= 0.6 is 0 Å². The largest absolute Gasteiger partial charge is 0.449 e. The summed E-state index contributed by atoms with van der Waals surface area (Å²) in [6.07, 6.45) is -1.01. The zero-order valence-electron chi connectivity index (χ0n) is 17.2. The van der Waals surface area contributed by atoms with Crippen molar-refractivity contribution in [2.45, 2.75) is 20.0 Å². The molecule has 0 aliphatic heterocycles. The van der Waals surface area contributed by atoms with E-state index < -0.39 is 18.0 Å². The zero-order chi connectivity index (χ0) is 22.2. The number of anilines is 4. The highest BCUT2D eigenvalue weighted by molar-refractivity contribution is 6.00. The van der Waals surface area contributed by atoms with Crippen LogP contribution in [0.2, 0.25) is 0 Å². The Kier molecular flexibility index (Phi) is 7.01. The lowest BCUT2D eigenvalue weighted by Crippen LogP contribution is -2.30. The van der Waals surface area contributed by atoms with E-state index in [1.807, 2.05) is 36.4 Å². The van der Waals surface area contributed by atoms with Crippen molar-refractivity contribution in [1.29, 1.82) is 0 Å². The fourth-order valence-electron chi connectivity index (χ4n) is 2.81. The van der Waals surface area contributed by atoms with Gasteiger partial charge in [0.2, 0.25) is 5.91 Å². The third kappa shape index (κ3) is 6.17. The number of carbonyl (C=O) groups excluding carboxylic acids is 3. The van der Waals surface area contributed by atoms with E-state index in [2.05, 4.69) is 16.0 Å². The minimum absolute atomic E-state index is 0.181. The third-order valence-corrected chi connectivity index (χ3v) is 4.33. The van der Waals surface area contributed by atoms with Gasteiger partial charge in [-0.2, -0.15) is 0 Å². The van der Waals surface area contributed by atoms with Crippen LogP contribution < -0.4 is 16.0 Å². The molecule has 0 radical (unpaired) electrons. The number of carbonyl (C=O) groups is 3. The van der Waals surface area contributed by atoms with Gasteiger partial charge in [-0.25, -0.2) is 4.79 Å². The summed E-state index contributed by atoms with van der Waals surface area (Å²) < 4.78 is 5.38. The molecular weight excluding hydrogens is 394 g/mol. The molecule has 0 fully saturated rings. The average molecular weight is 417 g/mol. The molecule has 0 aliphatic rings. The topological polar surface area (TPSA) is 96.5 Å². The molecule has 0 spiro atoms. The van der Waals surface area contributed by atoms with Gasteiger partial charge in [-0.1, -0.05) is 30.3 Å². The Labute approximate surface area is 180 Å². The molecule has 0 heterocycles. The minimum Gasteiger partial charge on any atom is -0.449 e. The average Bonchev–Trinajstić information content (AvgIpc) is 2.75. The van der Waals surface area contributed by atoms with Crippen molar-refractivity contribution in [2.75, 3.05) is 16.0 Å². The highest BCUT2D eigenvalue weighted by atomic mass is 16.5. The van der Waals surface area contributed by atoms with E-state index in [0.29, 0.717) is 22.6 Å². The van der Waals surface area contributed by atoms with Gasteiger partial charge in [0.05, 0.1) is 11.3 Å². The van der Waals surface area contributed by atoms with E-state index >= 15 is 0 Å². The summed E-state index contributed by atoms with van der Waals surface area (Å²) >= 11 is 0. The fourth-order valence-corrected chi connectivity index (χ4v) is 2.81. The lowest BCUT2D eigenvalue weighted by atomic mass is 10.1. The second-order valence-electron chi connectivity index (χ2n) is 6.83. The molecule has 0 saturated heterocycles. The van der Waals surface area contributed by atoms with E-state index in [1.165, 1.54) is 13.8 Å². The number of esters is 1. The minimum atomic E-state index is -1.01. The number of hydrogen-bond donors (Lipinski definition) is 3. The van der Waals surface area contributed by atoms with Gasteiger partial charge in [0.25, 0.3) is 5.91 Å². The number of benzene rings is 3. The van der Waals surface area contributed by atoms with Gasteiger partial charge in [-0.3, -0.25) is 9.59 Å². The van der Waals surface area contributed by atoms with Crippen LogP contribution in [0.25, 0.3) is 0 Å². The first kappa shape index (κ1) is 21.6. The van der Waals surface area contributed by atoms with Crippen LogP contribution in [0.3, 0.4) is 0 Å². The Balaban J connectivity index is 1.62. The Morgan fingerprint density at radius 2 is 1.32 bits per heavy atom. The van der Waals surface area contributed by atoms with Gasteiger partial charge in [-0.15, -0.1) is 0 Å². The monoisotopic (exact) mass is 417 g/mol. The summed E-state index contributed by atoms with van der Waals surface area (Å²) in [5.74, 6) is -1.25. The molecular formula is C24H23N3O4. The van der Waals surface area contributed by atoms with Crippen LogP contribution in [-0.2, 0) is 14.3 Å². The molecule has 2 amide bonds. The number of hydrogen-bond acceptors (Lipinski definition) is 5. The standard InChI is InChI=1S/C24H23N3O4/c1-16(23(29)27-20-14-12-19(13-15-20)25-17(2)28)31-24(30)21-10-6-7-11-22(21)26-18-8-4-3-5-9-18/h3-16,26H,1-2H3,(H,25,28)(H,27,29)/t16-/m1/s1. The van der Waals surface area contributed by atoms with Gasteiger partial charge in [0.1, 0.15) is 0 Å². The smallest absolute Gasteiger partial charge is 0.341 e. The molecule has 31 heavy (non-hydrogen) atoms. The first-order valence-corrected chi connectivity index (χ1v) is 9.73. The zero-order valence-corrected chi connectivity index (χ0v) is 17.2. The fraction of sp³-hybridized carbons (Fsp3) is 0.125. The van der Waals surface area contributed by atoms with Gasteiger partial charge in [0.15, 0.2) is 6.10 Å². The van der Waals surface area contributed by atoms with Crippen LogP contribution in [0.1, 0.15) is 24.2 Å². The van der Waals surface area contributed by atoms with Crippen LogP contribution in [0.15, 0.2) is 78.9 Å². The van der Waals surface area contributed by atoms with E-state index in [4.69, 9.17) is 4.74 Å². The van der Waals surface area contributed by atoms with Crippen molar-refractivity contribution in [3.63, 3.8) is 0 Å². The Bertz CT molecular complexity index is 1070. The quantitative estimate of drug-likeness (QED) is 0.489. The first-order chi connectivity index (χ1) is 14.9. The van der Waals surface area contributed by atoms with Crippen molar-refractivity contribution in [3.05, 3.63) is 84.4 Å². The summed E-state index contributed by atoms with van der Waals surface area (Å²) in [7, 11) is 0. The molecule has 1 atom stereocenters. The Morgan fingerprint density at radius 3 is 1.97 bits per heavy atom. The van der Waals surface area contributed by atoms with E-state index in [1.54, 1.807) is 42.5 Å². The highest BCUT2D eigenvalue weighted by Crippen LogP contribution is 2.22. The predicted octanol–water partition coefficient (Wildman–Crippen LogP) is 4.57. The molecule has 7 heteroatoms. The van der Waals surface area contributed by atoms with Crippen LogP contribution in [0, 0.1) is 0 Å². The Morgan fingerprint density at radius 1 is 0.742 bits per heavy atom. The highest BCUT2D eigenvalue weighted by Gasteiger charge is 2.21. The second kappa shape index (κ2) is 10.1. The van der Waals surface area contributed by atoms with Crippen molar-refractivity contribution >= 4 is 40.5 Å². The molecule has 3 aromatic rings. The molecule has 7 nitrogen and oxygen atoms in total. The van der Waals surface area contributed by atoms with Gasteiger partial charge in [-0.05, 0) is 55.5 Å². The molecule has 3 aromatic carbocycles. The summed E-state index contributed by atoms with van der Waals surface area (Å²) in [6.45, 7) is 2.92. The summed E-state index contributed by atoms with van der Waals surface area (Å²) in [4.78, 5) is 36.2. The lowest BCUT2D eigenvalue weighted by molar-refractivity contribution is -0.123. The maximum absolute atomic E-state index is 12.7. The normalized spacial score (nSPS) is 11.2. The number of rotatable bonds is 7. The van der Waals surface area contributed by atoms with E-state index in [9.17, 15) is 14.4 Å². The lowest BCUT2D eigenvalue weighted by Gasteiger charge is -2.16. The van der Waals surface area contributed by atoms with E-state index in [0.717, 1.165) is 5.69 Å². The maximum atomic E-state index is 12.7. The van der Waals surface area contributed by atoms with Crippen molar-refractivity contribution in [1.82, 2.24) is 0 Å². The molecule has 0 bridgehead atoms. The van der Waals surface area contributed by atoms with Gasteiger partial charge in [0, 0.05) is 24.0 Å². The number of amides is 2. The summed E-state index contributed by atoms with van der Waals surface area (Å²) in [5, 5.41) is 8.52. The molecule has 3 N–H and O–H groups in total. The molecule has 0 aromatic heterocycles. The van der Waals surface area contributed by atoms with Crippen molar-refractivity contribution < 1.29 is 19.1 Å². The third-order valence-electron chi connectivity index (χ3n) is 4.33. The summed E-state index contributed by atoms with van der Waals surface area (Å²) in [5.41, 5.74) is 2.88. The van der Waals surface area contributed by atoms with Crippen molar-refractivity contribution in [2.24, 2.45) is 0 Å². The number of ether oxygens (including phenoxy) is 1. The number of nitrogens with one attached hydrogen (secondary N) is 3. The van der Waals surface area contributed by atoms with E-state index in [-0.39, 0.29) is 5.91 Å². The van der Waals surface area contributed by atoms with Crippen LogP contribution in [0.5, 0.6) is 0 Å². The molecule has 3 rings (SSSR count). The molecule has 0 saturated carbocycles. The Hall–Kier alpha value is -4.13. The van der Waals surface area contributed by atoms with Gasteiger partial charge < -0.3 is 20.7 Å². The second-order valence-corrected chi connectivity index (χ2v) is 6.83. The molecule has 0 unspecified atom stereocenters.